The quantitative estimate of drug-likeness (QED) is 0.457. The number of hydrogen-bond donors (Lipinski definition) is 1. The van der Waals surface area contributed by atoms with E-state index in [1.54, 1.807) is 6.07 Å². The Morgan fingerprint density at radius 2 is 1.85 bits per heavy atom. The SMILES string of the molecule is C[n+]1ccc(O)c2ccccc21.[I-]. The molecule has 1 N–H and O–H groups in total. The summed E-state index contributed by atoms with van der Waals surface area (Å²) >= 11 is 0. The van der Waals surface area contributed by atoms with Crippen LogP contribution in [0.25, 0.3) is 10.9 Å². The second kappa shape index (κ2) is 3.91. The summed E-state index contributed by atoms with van der Waals surface area (Å²) in [6.45, 7) is 0. The molecule has 13 heavy (non-hydrogen) atoms. The van der Waals surface area contributed by atoms with Gasteiger partial charge >= 0.3 is 0 Å². The van der Waals surface area contributed by atoms with Crippen LogP contribution in [0, 0.1) is 0 Å². The molecule has 0 fully saturated rings. The molecule has 0 aliphatic carbocycles. The number of fused-ring (bicyclic) bond motifs is 1. The van der Waals surface area contributed by atoms with Crippen molar-refractivity contribution in [3.05, 3.63) is 36.5 Å². The normalized spacial score (nSPS) is 9.62. The zero-order valence-electron chi connectivity index (χ0n) is 7.24. The summed E-state index contributed by atoms with van der Waals surface area (Å²) in [5, 5.41) is 10.4. The van der Waals surface area contributed by atoms with Crippen LogP contribution < -0.4 is 28.5 Å². The van der Waals surface area contributed by atoms with Gasteiger partial charge in [0, 0.05) is 12.1 Å². The maximum atomic E-state index is 9.48. The number of nitrogens with zero attached hydrogens (tertiary/aromatic N) is 1. The molecule has 0 bridgehead atoms. The van der Waals surface area contributed by atoms with Crippen LogP contribution in [0.4, 0.5) is 0 Å². The van der Waals surface area contributed by atoms with E-state index in [4.69, 9.17) is 0 Å². The van der Waals surface area contributed by atoms with Gasteiger partial charge in [0.2, 0.25) is 5.52 Å². The molecular formula is C10H10INO. The Labute approximate surface area is 93.8 Å². The largest absolute Gasteiger partial charge is 1.00 e. The molecule has 2 rings (SSSR count). The van der Waals surface area contributed by atoms with E-state index in [0.717, 1.165) is 10.9 Å². The van der Waals surface area contributed by atoms with Gasteiger partial charge in [0.25, 0.3) is 0 Å². The van der Waals surface area contributed by atoms with Crippen molar-refractivity contribution in [3.63, 3.8) is 0 Å². The highest BCUT2D eigenvalue weighted by molar-refractivity contribution is 5.81. The maximum Gasteiger partial charge on any atom is 0.216 e. The number of aromatic nitrogens is 1. The number of aromatic hydroxyl groups is 1. The molecule has 1 aromatic heterocycles. The van der Waals surface area contributed by atoms with Gasteiger partial charge in [0.1, 0.15) is 12.8 Å². The van der Waals surface area contributed by atoms with E-state index < -0.39 is 0 Å². The molecule has 0 amide bonds. The van der Waals surface area contributed by atoms with Gasteiger partial charge in [-0.25, -0.2) is 4.57 Å². The van der Waals surface area contributed by atoms with E-state index in [0.29, 0.717) is 5.75 Å². The number of halogens is 1. The lowest BCUT2D eigenvalue weighted by molar-refractivity contribution is -0.644. The zero-order chi connectivity index (χ0) is 8.55. The molecule has 0 saturated heterocycles. The lowest BCUT2D eigenvalue weighted by atomic mass is 10.2. The van der Waals surface area contributed by atoms with Gasteiger partial charge in [-0.05, 0) is 6.07 Å². The number of aryl methyl sites for hydroxylation is 1. The van der Waals surface area contributed by atoms with Crippen molar-refractivity contribution in [2.75, 3.05) is 0 Å². The third-order valence-electron chi connectivity index (χ3n) is 2.02. The van der Waals surface area contributed by atoms with Gasteiger partial charge in [0.05, 0.1) is 5.39 Å². The van der Waals surface area contributed by atoms with Crippen molar-refractivity contribution < 1.29 is 33.7 Å². The molecule has 2 nitrogen and oxygen atoms in total. The molecule has 2 aromatic rings. The van der Waals surface area contributed by atoms with Crippen LogP contribution in [0.5, 0.6) is 5.75 Å². The van der Waals surface area contributed by atoms with E-state index in [1.807, 2.05) is 42.1 Å². The summed E-state index contributed by atoms with van der Waals surface area (Å²) in [5.41, 5.74) is 1.04. The minimum atomic E-state index is 0. The minimum absolute atomic E-state index is 0. The molecule has 68 valence electrons. The van der Waals surface area contributed by atoms with E-state index in [9.17, 15) is 5.11 Å². The number of pyridine rings is 1. The van der Waals surface area contributed by atoms with Crippen molar-refractivity contribution in [1.82, 2.24) is 0 Å². The van der Waals surface area contributed by atoms with Crippen molar-refractivity contribution in [2.24, 2.45) is 7.05 Å². The standard InChI is InChI=1S/C10H9NO.HI/c1-11-7-6-10(12)8-4-2-3-5-9(8)11;/h2-7H,1H3;1H. The highest BCUT2D eigenvalue weighted by atomic mass is 127. The number of para-hydroxylation sites is 1. The smallest absolute Gasteiger partial charge is 0.216 e. The van der Waals surface area contributed by atoms with Crippen LogP contribution in [0.3, 0.4) is 0 Å². The van der Waals surface area contributed by atoms with Gasteiger partial charge in [-0.1, -0.05) is 12.1 Å². The number of benzene rings is 1. The summed E-state index contributed by atoms with van der Waals surface area (Å²) in [6, 6.07) is 9.46. The topological polar surface area (TPSA) is 24.1 Å². The number of hydrogen-bond acceptors (Lipinski definition) is 1. The monoisotopic (exact) mass is 287 g/mol. The van der Waals surface area contributed by atoms with Gasteiger partial charge in [-0.15, -0.1) is 0 Å². The molecule has 0 unspecified atom stereocenters. The van der Waals surface area contributed by atoms with Crippen LogP contribution in [-0.2, 0) is 7.05 Å². The minimum Gasteiger partial charge on any atom is -1.00 e. The van der Waals surface area contributed by atoms with Crippen molar-refractivity contribution in [1.29, 1.82) is 0 Å². The Kier molecular flexibility index (Phi) is 3.08. The average molecular weight is 287 g/mol. The Balaban J connectivity index is 0.000000845. The van der Waals surface area contributed by atoms with Gasteiger partial charge in [-0.2, -0.15) is 0 Å². The molecular weight excluding hydrogens is 277 g/mol. The zero-order valence-corrected chi connectivity index (χ0v) is 9.39. The summed E-state index contributed by atoms with van der Waals surface area (Å²) in [7, 11) is 1.96. The summed E-state index contributed by atoms with van der Waals surface area (Å²) in [5.74, 6) is 0.337. The molecule has 0 aliphatic rings. The van der Waals surface area contributed by atoms with Crippen molar-refractivity contribution in [3.8, 4) is 5.75 Å². The summed E-state index contributed by atoms with van der Waals surface area (Å²) < 4.78 is 1.98. The summed E-state index contributed by atoms with van der Waals surface area (Å²) in [4.78, 5) is 0. The van der Waals surface area contributed by atoms with Crippen LogP contribution in [0.2, 0.25) is 0 Å². The molecule has 0 saturated carbocycles. The molecule has 1 heterocycles. The Bertz CT molecular complexity index is 388. The van der Waals surface area contributed by atoms with Crippen LogP contribution >= 0.6 is 0 Å². The first-order chi connectivity index (χ1) is 5.79. The Morgan fingerprint density at radius 3 is 2.54 bits per heavy atom. The summed E-state index contributed by atoms with van der Waals surface area (Å²) in [6.07, 6.45) is 1.84. The molecule has 0 atom stereocenters. The highest BCUT2D eigenvalue weighted by Crippen LogP contribution is 2.19. The Morgan fingerprint density at radius 1 is 1.15 bits per heavy atom. The second-order valence-corrected chi connectivity index (χ2v) is 2.83. The van der Waals surface area contributed by atoms with E-state index in [1.165, 1.54) is 0 Å². The van der Waals surface area contributed by atoms with E-state index >= 15 is 0 Å². The third kappa shape index (κ3) is 1.75. The number of rotatable bonds is 0. The Hall–Kier alpha value is -0.840. The highest BCUT2D eigenvalue weighted by Gasteiger charge is 2.06. The maximum absolute atomic E-state index is 9.48. The van der Waals surface area contributed by atoms with Gasteiger partial charge in [0.15, 0.2) is 6.20 Å². The fourth-order valence-electron chi connectivity index (χ4n) is 1.35. The average Bonchev–Trinajstić information content (AvgIpc) is 2.12. The van der Waals surface area contributed by atoms with Gasteiger partial charge in [-0.3, -0.25) is 0 Å². The lowest BCUT2D eigenvalue weighted by Crippen LogP contribution is -3.00. The van der Waals surface area contributed by atoms with Crippen LogP contribution in [-0.4, -0.2) is 5.11 Å². The fraction of sp³-hybridized carbons (Fsp3) is 0.100. The van der Waals surface area contributed by atoms with E-state index in [2.05, 4.69) is 0 Å². The molecule has 3 heteroatoms. The first kappa shape index (κ1) is 10.2. The first-order valence-electron chi connectivity index (χ1n) is 3.85. The van der Waals surface area contributed by atoms with Crippen molar-refractivity contribution >= 4 is 10.9 Å². The molecule has 0 spiro atoms. The molecule has 1 aromatic carbocycles. The van der Waals surface area contributed by atoms with Crippen molar-refractivity contribution in [2.45, 2.75) is 0 Å². The molecule has 0 radical (unpaired) electrons. The third-order valence-corrected chi connectivity index (χ3v) is 2.02. The first-order valence-corrected chi connectivity index (χ1v) is 3.85. The van der Waals surface area contributed by atoms with Crippen LogP contribution in [0.1, 0.15) is 0 Å². The lowest BCUT2D eigenvalue weighted by Gasteiger charge is -1.97. The second-order valence-electron chi connectivity index (χ2n) is 2.83. The fourth-order valence-corrected chi connectivity index (χ4v) is 1.35. The van der Waals surface area contributed by atoms with E-state index in [-0.39, 0.29) is 24.0 Å². The van der Waals surface area contributed by atoms with Gasteiger partial charge < -0.3 is 29.1 Å². The predicted octanol–water partition coefficient (Wildman–Crippen LogP) is -1.63. The molecule has 0 aliphatic heterocycles. The van der Waals surface area contributed by atoms with Crippen LogP contribution in [0.15, 0.2) is 36.5 Å². The predicted molar refractivity (Wildman–Crippen MR) is 46.8 cm³/mol.